The van der Waals surface area contributed by atoms with Crippen molar-refractivity contribution in [2.24, 2.45) is 0 Å². The second-order valence-corrected chi connectivity index (χ2v) is 5.18. The van der Waals surface area contributed by atoms with Crippen LogP contribution in [0.4, 0.5) is 5.82 Å². The number of hydrogen-bond acceptors (Lipinski definition) is 5. The van der Waals surface area contributed by atoms with Gasteiger partial charge in [0.2, 0.25) is 0 Å². The molecule has 0 bridgehead atoms. The molecule has 0 aromatic carbocycles. The van der Waals surface area contributed by atoms with Crippen molar-refractivity contribution in [3.05, 3.63) is 17.6 Å². The van der Waals surface area contributed by atoms with E-state index in [9.17, 15) is 4.79 Å². The Kier molecular flexibility index (Phi) is 2.75. The fourth-order valence-corrected chi connectivity index (χ4v) is 2.48. The molecule has 1 aromatic heterocycles. The Hall–Kier alpha value is -1.30. The Morgan fingerprint density at radius 3 is 2.94 bits per heavy atom. The highest BCUT2D eigenvalue weighted by Gasteiger charge is 2.29. The van der Waals surface area contributed by atoms with Crippen LogP contribution in [-0.4, -0.2) is 26.6 Å². The summed E-state index contributed by atoms with van der Waals surface area (Å²) in [5.41, 5.74) is 1.01. The van der Waals surface area contributed by atoms with Gasteiger partial charge in [0.05, 0.1) is 5.69 Å². The average Bonchev–Trinajstić information content (AvgIpc) is 2.65. The molecule has 86 valence electrons. The van der Waals surface area contributed by atoms with Crippen molar-refractivity contribution in [3.8, 4) is 0 Å². The van der Waals surface area contributed by atoms with E-state index < -0.39 is 11.5 Å². The third-order valence-electron chi connectivity index (χ3n) is 2.49. The molecule has 1 aliphatic rings. The van der Waals surface area contributed by atoms with Gasteiger partial charge >= 0.3 is 5.97 Å². The summed E-state index contributed by atoms with van der Waals surface area (Å²) in [6.07, 6.45) is 1.48. The maximum atomic E-state index is 11.0. The highest BCUT2D eigenvalue weighted by Crippen LogP contribution is 2.32. The van der Waals surface area contributed by atoms with Crippen molar-refractivity contribution in [2.45, 2.75) is 30.9 Å². The third-order valence-corrected chi connectivity index (χ3v) is 3.46. The Balaban J connectivity index is 2.29. The fraction of sp³-hybridized carbons (Fsp3) is 0.500. The number of fused-ring (bicyclic) bond motifs is 1. The van der Waals surface area contributed by atoms with Crippen molar-refractivity contribution in [2.75, 3.05) is 5.32 Å². The first-order chi connectivity index (χ1) is 7.50. The number of anilines is 1. The van der Waals surface area contributed by atoms with Gasteiger partial charge in [-0.3, -0.25) is 0 Å². The van der Waals surface area contributed by atoms with Crippen LogP contribution in [0.25, 0.3) is 0 Å². The second kappa shape index (κ2) is 3.93. The molecule has 2 N–H and O–H groups in total. The standard InChI is InChI=1S/C10H13N3O2S/c1-10(2,9(14)15)13-8-6-3-16-4-7(6)11-5-12-8/h5H,3-4H2,1-2H3,(H,14,15)(H,11,12,13). The van der Waals surface area contributed by atoms with Crippen LogP contribution in [0.15, 0.2) is 6.33 Å². The molecule has 0 aliphatic carbocycles. The Bertz CT molecular complexity index is 434. The van der Waals surface area contributed by atoms with Crippen molar-refractivity contribution in [1.29, 1.82) is 0 Å². The SMILES string of the molecule is CC(C)(Nc1ncnc2c1CSC2)C(=O)O. The monoisotopic (exact) mass is 239 g/mol. The van der Waals surface area contributed by atoms with E-state index >= 15 is 0 Å². The molecule has 0 unspecified atom stereocenters. The molecule has 0 spiro atoms. The zero-order chi connectivity index (χ0) is 11.8. The Morgan fingerprint density at radius 2 is 2.25 bits per heavy atom. The van der Waals surface area contributed by atoms with Gasteiger partial charge in [-0.2, -0.15) is 11.8 Å². The van der Waals surface area contributed by atoms with Gasteiger partial charge in [0.15, 0.2) is 0 Å². The lowest BCUT2D eigenvalue weighted by Gasteiger charge is -2.22. The van der Waals surface area contributed by atoms with Gasteiger partial charge < -0.3 is 10.4 Å². The molecular weight excluding hydrogens is 226 g/mol. The van der Waals surface area contributed by atoms with Gasteiger partial charge in [-0.25, -0.2) is 14.8 Å². The highest BCUT2D eigenvalue weighted by molar-refractivity contribution is 7.98. The summed E-state index contributed by atoms with van der Waals surface area (Å²) in [4.78, 5) is 19.3. The molecular formula is C10H13N3O2S. The van der Waals surface area contributed by atoms with Crippen molar-refractivity contribution in [1.82, 2.24) is 9.97 Å². The highest BCUT2D eigenvalue weighted by atomic mass is 32.2. The lowest BCUT2D eigenvalue weighted by atomic mass is 10.1. The van der Waals surface area contributed by atoms with Crippen LogP contribution in [0.3, 0.4) is 0 Å². The van der Waals surface area contributed by atoms with E-state index in [4.69, 9.17) is 5.11 Å². The van der Waals surface area contributed by atoms with Crippen LogP contribution in [-0.2, 0) is 16.3 Å². The molecule has 0 saturated heterocycles. The Labute approximate surface area is 97.7 Å². The molecule has 0 amide bonds. The Morgan fingerprint density at radius 1 is 1.50 bits per heavy atom. The number of thioether (sulfide) groups is 1. The molecule has 5 nitrogen and oxygen atoms in total. The van der Waals surface area contributed by atoms with Gasteiger partial charge in [-0.05, 0) is 13.8 Å². The van der Waals surface area contributed by atoms with E-state index in [0.29, 0.717) is 5.82 Å². The van der Waals surface area contributed by atoms with Crippen LogP contribution < -0.4 is 5.32 Å². The number of nitrogens with zero attached hydrogens (tertiary/aromatic N) is 2. The van der Waals surface area contributed by atoms with Crippen LogP contribution in [0, 0.1) is 0 Å². The average molecular weight is 239 g/mol. The van der Waals surface area contributed by atoms with E-state index in [1.54, 1.807) is 25.6 Å². The van der Waals surface area contributed by atoms with E-state index in [2.05, 4.69) is 15.3 Å². The maximum absolute atomic E-state index is 11.0. The van der Waals surface area contributed by atoms with E-state index in [0.717, 1.165) is 22.8 Å². The summed E-state index contributed by atoms with van der Waals surface area (Å²) in [6, 6.07) is 0. The van der Waals surface area contributed by atoms with Gasteiger partial charge in [-0.1, -0.05) is 0 Å². The first-order valence-corrected chi connectivity index (χ1v) is 6.08. The minimum Gasteiger partial charge on any atom is -0.480 e. The molecule has 1 aromatic rings. The molecule has 2 heterocycles. The minimum atomic E-state index is -1.02. The summed E-state index contributed by atoms with van der Waals surface area (Å²) < 4.78 is 0. The zero-order valence-corrected chi connectivity index (χ0v) is 9.97. The van der Waals surface area contributed by atoms with Crippen LogP contribution in [0.2, 0.25) is 0 Å². The molecule has 0 fully saturated rings. The quantitative estimate of drug-likeness (QED) is 0.832. The van der Waals surface area contributed by atoms with E-state index in [1.165, 1.54) is 6.33 Å². The summed E-state index contributed by atoms with van der Waals surface area (Å²) >= 11 is 1.76. The minimum absolute atomic E-state index is 0.641. The summed E-state index contributed by atoms with van der Waals surface area (Å²) in [6.45, 7) is 3.23. The van der Waals surface area contributed by atoms with Crippen LogP contribution in [0.1, 0.15) is 25.1 Å². The predicted octanol–water partition coefficient (Wildman–Crippen LogP) is 1.50. The lowest BCUT2D eigenvalue weighted by molar-refractivity contribution is -0.141. The fourth-order valence-electron chi connectivity index (χ4n) is 1.43. The number of carbonyl (C=O) groups is 1. The summed E-state index contributed by atoms with van der Waals surface area (Å²) in [5, 5.41) is 12.0. The van der Waals surface area contributed by atoms with Crippen LogP contribution in [0.5, 0.6) is 0 Å². The summed E-state index contributed by atoms with van der Waals surface area (Å²) in [7, 11) is 0. The number of nitrogens with one attached hydrogen (secondary N) is 1. The van der Waals surface area contributed by atoms with Crippen molar-refractivity contribution >= 4 is 23.5 Å². The topological polar surface area (TPSA) is 75.1 Å². The lowest BCUT2D eigenvalue weighted by Crippen LogP contribution is -2.40. The molecule has 6 heteroatoms. The molecule has 2 rings (SSSR count). The number of carboxylic acids is 1. The van der Waals surface area contributed by atoms with Gasteiger partial charge in [0.1, 0.15) is 17.7 Å². The van der Waals surface area contributed by atoms with Crippen molar-refractivity contribution in [3.63, 3.8) is 0 Å². The normalized spacial score (nSPS) is 14.6. The maximum Gasteiger partial charge on any atom is 0.328 e. The number of hydrogen-bond donors (Lipinski definition) is 2. The first-order valence-electron chi connectivity index (χ1n) is 4.93. The molecule has 1 aliphatic heterocycles. The van der Waals surface area contributed by atoms with E-state index in [-0.39, 0.29) is 0 Å². The zero-order valence-electron chi connectivity index (χ0n) is 9.15. The van der Waals surface area contributed by atoms with E-state index in [1.807, 2.05) is 0 Å². The van der Waals surface area contributed by atoms with Crippen LogP contribution >= 0.6 is 11.8 Å². The van der Waals surface area contributed by atoms with Crippen molar-refractivity contribution < 1.29 is 9.90 Å². The second-order valence-electron chi connectivity index (χ2n) is 4.20. The largest absolute Gasteiger partial charge is 0.480 e. The molecule has 0 atom stereocenters. The molecule has 0 radical (unpaired) electrons. The van der Waals surface area contributed by atoms with Gasteiger partial charge in [-0.15, -0.1) is 0 Å². The molecule has 0 saturated carbocycles. The number of aromatic nitrogens is 2. The van der Waals surface area contributed by atoms with Gasteiger partial charge in [0, 0.05) is 17.1 Å². The predicted molar refractivity (Wildman–Crippen MR) is 62.4 cm³/mol. The number of rotatable bonds is 3. The summed E-state index contributed by atoms with van der Waals surface area (Å²) in [5.74, 6) is 1.46. The molecule has 16 heavy (non-hydrogen) atoms. The first kappa shape index (κ1) is 11.2. The number of carboxylic acid groups (broad SMARTS) is 1. The van der Waals surface area contributed by atoms with Gasteiger partial charge in [0.25, 0.3) is 0 Å². The number of aliphatic carboxylic acids is 1. The smallest absolute Gasteiger partial charge is 0.328 e. The third kappa shape index (κ3) is 1.97.